The van der Waals surface area contributed by atoms with Crippen LogP contribution in [-0.2, 0) is 0 Å². The van der Waals surface area contributed by atoms with Crippen LogP contribution in [0.5, 0.6) is 5.75 Å². The minimum absolute atomic E-state index is 0.436. The summed E-state index contributed by atoms with van der Waals surface area (Å²) in [6, 6.07) is 1.63. The molecule has 3 N–H and O–H groups in total. The van der Waals surface area contributed by atoms with Crippen LogP contribution in [0, 0.1) is 11.6 Å². The van der Waals surface area contributed by atoms with E-state index in [-0.39, 0.29) is 0 Å². The molecule has 0 aromatic heterocycles. The first-order valence-corrected chi connectivity index (χ1v) is 3.01. The van der Waals surface area contributed by atoms with Crippen LogP contribution in [-0.4, -0.2) is 11.0 Å². The van der Waals surface area contributed by atoms with Crippen molar-refractivity contribution in [3.05, 3.63) is 29.3 Å². The van der Waals surface area contributed by atoms with Gasteiger partial charge in [-0.25, -0.2) is 4.39 Å². The van der Waals surface area contributed by atoms with Crippen molar-refractivity contribution < 1.29 is 18.7 Å². The van der Waals surface area contributed by atoms with E-state index < -0.39 is 28.9 Å². The lowest BCUT2D eigenvalue weighted by molar-refractivity contribution is 0.0997. The first kappa shape index (κ1) is 8.45. The van der Waals surface area contributed by atoms with Gasteiger partial charge < -0.3 is 10.8 Å². The summed E-state index contributed by atoms with van der Waals surface area (Å²) in [5, 5.41) is 8.83. The van der Waals surface area contributed by atoms with Crippen molar-refractivity contribution in [1.29, 1.82) is 0 Å². The lowest BCUT2D eigenvalue weighted by Gasteiger charge is -2.00. The van der Waals surface area contributed by atoms with E-state index in [9.17, 15) is 13.6 Å². The number of carbonyl (C=O) groups is 1. The van der Waals surface area contributed by atoms with Crippen LogP contribution in [0.2, 0.25) is 0 Å². The number of primary amides is 1. The maximum atomic E-state index is 12.5. The number of hydrogen-bond acceptors (Lipinski definition) is 2. The highest BCUT2D eigenvalue weighted by Crippen LogP contribution is 2.22. The molecule has 0 saturated heterocycles. The Hall–Kier alpha value is -1.65. The van der Waals surface area contributed by atoms with Crippen LogP contribution in [0.15, 0.2) is 12.1 Å². The van der Waals surface area contributed by atoms with Gasteiger partial charge in [-0.15, -0.1) is 0 Å². The Morgan fingerprint density at radius 1 is 1.42 bits per heavy atom. The van der Waals surface area contributed by atoms with Gasteiger partial charge in [-0.1, -0.05) is 0 Å². The van der Waals surface area contributed by atoms with Crippen molar-refractivity contribution in [3.63, 3.8) is 0 Å². The topological polar surface area (TPSA) is 63.3 Å². The minimum atomic E-state index is -1.47. The third kappa shape index (κ3) is 1.20. The molecule has 0 bridgehead atoms. The summed E-state index contributed by atoms with van der Waals surface area (Å²) in [6.07, 6.45) is 0. The van der Waals surface area contributed by atoms with E-state index in [0.717, 1.165) is 12.1 Å². The van der Waals surface area contributed by atoms with Gasteiger partial charge in [0.15, 0.2) is 11.6 Å². The van der Waals surface area contributed by atoms with Crippen molar-refractivity contribution in [1.82, 2.24) is 0 Å². The molecule has 0 radical (unpaired) electrons. The second-order valence-corrected chi connectivity index (χ2v) is 2.12. The summed E-state index contributed by atoms with van der Waals surface area (Å²) in [6.45, 7) is 0. The first-order chi connectivity index (χ1) is 5.54. The highest BCUT2D eigenvalue weighted by atomic mass is 19.2. The zero-order valence-electron chi connectivity index (χ0n) is 5.84. The van der Waals surface area contributed by atoms with Gasteiger partial charge in [0.1, 0.15) is 0 Å². The van der Waals surface area contributed by atoms with E-state index in [4.69, 9.17) is 10.8 Å². The summed E-state index contributed by atoms with van der Waals surface area (Å²) in [5.41, 5.74) is 4.31. The average molecular weight is 173 g/mol. The predicted octanol–water partition coefficient (Wildman–Crippen LogP) is 0.769. The number of amides is 1. The fourth-order valence-corrected chi connectivity index (χ4v) is 0.739. The highest BCUT2D eigenvalue weighted by Gasteiger charge is 2.15. The second kappa shape index (κ2) is 2.77. The van der Waals surface area contributed by atoms with E-state index in [0.29, 0.717) is 0 Å². The van der Waals surface area contributed by atoms with Gasteiger partial charge in [-0.2, -0.15) is 4.39 Å². The van der Waals surface area contributed by atoms with Crippen molar-refractivity contribution >= 4 is 5.91 Å². The molecule has 0 fully saturated rings. The van der Waals surface area contributed by atoms with Gasteiger partial charge in [-0.3, -0.25) is 4.79 Å². The summed E-state index contributed by atoms with van der Waals surface area (Å²) in [4.78, 5) is 10.5. The van der Waals surface area contributed by atoms with E-state index in [1.807, 2.05) is 0 Å². The van der Waals surface area contributed by atoms with Crippen LogP contribution >= 0.6 is 0 Å². The van der Waals surface area contributed by atoms with Crippen LogP contribution in [0.25, 0.3) is 0 Å². The van der Waals surface area contributed by atoms with Crippen LogP contribution in [0.4, 0.5) is 8.78 Å². The molecule has 0 aliphatic heterocycles. The third-order valence-corrected chi connectivity index (χ3v) is 1.33. The first-order valence-electron chi connectivity index (χ1n) is 3.01. The molecule has 5 heteroatoms. The summed E-state index contributed by atoms with van der Waals surface area (Å²) >= 11 is 0. The van der Waals surface area contributed by atoms with E-state index >= 15 is 0 Å². The summed E-state index contributed by atoms with van der Waals surface area (Å²) in [7, 11) is 0. The summed E-state index contributed by atoms with van der Waals surface area (Å²) in [5.74, 6) is -4.75. The standard InChI is InChI=1S/C7H5F2NO2/c8-4-2-1-3(7(10)12)6(11)5(4)9/h1-2,11H,(H2,10,12). The molecule has 0 aliphatic rings. The SMILES string of the molecule is NC(=O)c1ccc(F)c(F)c1O. The number of aromatic hydroxyl groups is 1. The van der Waals surface area contributed by atoms with Gasteiger partial charge in [-0.05, 0) is 12.1 Å². The Morgan fingerprint density at radius 3 is 2.50 bits per heavy atom. The number of halogens is 2. The molecule has 0 saturated carbocycles. The second-order valence-electron chi connectivity index (χ2n) is 2.12. The van der Waals surface area contributed by atoms with Crippen molar-refractivity contribution in [2.75, 3.05) is 0 Å². The Bertz CT molecular complexity index is 338. The molecule has 0 unspecified atom stereocenters. The lowest BCUT2D eigenvalue weighted by atomic mass is 10.2. The zero-order chi connectivity index (χ0) is 9.30. The van der Waals surface area contributed by atoms with Crippen molar-refractivity contribution in [2.24, 2.45) is 5.73 Å². The molecule has 1 aromatic carbocycles. The number of hydrogen-bond donors (Lipinski definition) is 2. The minimum Gasteiger partial charge on any atom is -0.504 e. The Balaban J connectivity index is 3.36. The lowest BCUT2D eigenvalue weighted by Crippen LogP contribution is -2.11. The van der Waals surface area contributed by atoms with Gasteiger partial charge in [0.25, 0.3) is 5.91 Å². The Labute approximate surface area is 66.4 Å². The fourth-order valence-electron chi connectivity index (χ4n) is 0.739. The van der Waals surface area contributed by atoms with E-state index in [2.05, 4.69) is 0 Å². The van der Waals surface area contributed by atoms with E-state index in [1.165, 1.54) is 0 Å². The number of nitrogens with two attached hydrogens (primary N) is 1. The molecule has 0 aliphatic carbocycles. The smallest absolute Gasteiger partial charge is 0.252 e. The Morgan fingerprint density at radius 2 is 2.00 bits per heavy atom. The third-order valence-electron chi connectivity index (χ3n) is 1.33. The molecule has 64 valence electrons. The Kier molecular flexibility index (Phi) is 1.95. The fraction of sp³-hybridized carbons (Fsp3) is 0. The van der Waals surface area contributed by atoms with E-state index in [1.54, 1.807) is 0 Å². The van der Waals surface area contributed by atoms with Crippen molar-refractivity contribution in [2.45, 2.75) is 0 Å². The number of benzene rings is 1. The molecule has 12 heavy (non-hydrogen) atoms. The number of carbonyl (C=O) groups excluding carboxylic acids is 1. The molecule has 1 amide bonds. The van der Waals surface area contributed by atoms with Crippen LogP contribution in [0.1, 0.15) is 10.4 Å². The van der Waals surface area contributed by atoms with Crippen LogP contribution in [0.3, 0.4) is 0 Å². The highest BCUT2D eigenvalue weighted by molar-refractivity contribution is 5.95. The maximum Gasteiger partial charge on any atom is 0.252 e. The normalized spacial score (nSPS) is 9.83. The maximum absolute atomic E-state index is 12.5. The quantitative estimate of drug-likeness (QED) is 0.658. The number of rotatable bonds is 1. The van der Waals surface area contributed by atoms with Crippen molar-refractivity contribution in [3.8, 4) is 5.75 Å². The van der Waals surface area contributed by atoms with Crippen LogP contribution < -0.4 is 5.73 Å². The van der Waals surface area contributed by atoms with Gasteiger partial charge in [0.05, 0.1) is 5.56 Å². The molecule has 0 spiro atoms. The molecule has 1 aromatic rings. The zero-order valence-corrected chi connectivity index (χ0v) is 5.84. The largest absolute Gasteiger partial charge is 0.504 e. The number of phenols is 1. The molecule has 0 heterocycles. The van der Waals surface area contributed by atoms with Gasteiger partial charge in [0, 0.05) is 0 Å². The summed E-state index contributed by atoms with van der Waals surface area (Å²) < 4.78 is 24.9. The molecular weight excluding hydrogens is 168 g/mol. The predicted molar refractivity (Wildman–Crippen MR) is 36.5 cm³/mol. The van der Waals surface area contributed by atoms with Gasteiger partial charge >= 0.3 is 0 Å². The molecule has 3 nitrogen and oxygen atoms in total. The van der Waals surface area contributed by atoms with Gasteiger partial charge in [0.2, 0.25) is 5.82 Å². The monoisotopic (exact) mass is 173 g/mol. The average Bonchev–Trinajstić information content (AvgIpc) is 2.00. The molecular formula is C7H5F2NO2. The molecule has 0 atom stereocenters. The molecule has 1 rings (SSSR count).